The number of fused-ring (bicyclic) bond motifs is 5. The van der Waals surface area contributed by atoms with Crippen LogP contribution in [0.1, 0.15) is 48.7 Å². The van der Waals surface area contributed by atoms with Gasteiger partial charge in [0.15, 0.2) is 12.6 Å². The zero-order valence-corrected chi connectivity index (χ0v) is 33.2. The molecule has 1 aliphatic carbocycles. The summed E-state index contributed by atoms with van der Waals surface area (Å²) in [5.74, 6) is 0. The lowest BCUT2D eigenvalue weighted by Gasteiger charge is -2.30. The minimum atomic E-state index is -0.368. The molecule has 3 aliphatic rings. The van der Waals surface area contributed by atoms with Gasteiger partial charge in [0.25, 0.3) is 0 Å². The van der Waals surface area contributed by atoms with Crippen LogP contribution < -0.4 is 9.80 Å². The Morgan fingerprint density at radius 2 is 0.797 bits per heavy atom. The van der Waals surface area contributed by atoms with Gasteiger partial charge in [-0.15, -0.1) is 0 Å². The quantitative estimate of drug-likeness (QED) is 0.153. The predicted molar refractivity (Wildman–Crippen MR) is 238 cm³/mol. The second-order valence-electron chi connectivity index (χ2n) is 16.1. The monoisotopic (exact) mass is 772 g/mol. The average molecular weight is 773 g/mol. The lowest BCUT2D eigenvalue weighted by Crippen LogP contribution is -2.18. The average Bonchev–Trinajstić information content (AvgIpc) is 4.07. The predicted octanol–water partition coefficient (Wildman–Crippen LogP) is 13.3. The zero-order chi connectivity index (χ0) is 39.5. The number of nitrogens with zero attached hydrogens (tertiary/aromatic N) is 2. The summed E-state index contributed by atoms with van der Waals surface area (Å²) >= 11 is 0. The third-order valence-electron chi connectivity index (χ3n) is 12.2. The molecule has 0 bridgehead atoms. The molecule has 6 nitrogen and oxygen atoms in total. The molecule has 2 saturated heterocycles. The van der Waals surface area contributed by atoms with Gasteiger partial charge in [-0.3, -0.25) is 0 Å². The van der Waals surface area contributed by atoms with Crippen LogP contribution in [0.2, 0.25) is 0 Å². The van der Waals surface area contributed by atoms with E-state index in [0.717, 1.165) is 45.3 Å². The first-order valence-electron chi connectivity index (χ1n) is 20.5. The van der Waals surface area contributed by atoms with Crippen LogP contribution in [0.4, 0.5) is 34.1 Å². The molecule has 0 unspecified atom stereocenters. The molecule has 0 saturated carbocycles. The van der Waals surface area contributed by atoms with E-state index in [4.69, 9.17) is 18.9 Å². The summed E-state index contributed by atoms with van der Waals surface area (Å²) in [5.41, 5.74) is 13.3. The van der Waals surface area contributed by atoms with E-state index in [2.05, 4.69) is 194 Å². The number of ether oxygens (including phenoxy) is 4. The SMILES string of the molecule is CC1(C)c2cc(N(c3cccc(C4OCCO4)c3)c3cccc4ccccc34)ccc2-c2ccc(N(c3cccc(C4OCCO4)c3)c3cccc4ccccc34)cc21. The van der Waals surface area contributed by atoms with Gasteiger partial charge in [0.2, 0.25) is 0 Å². The van der Waals surface area contributed by atoms with Crippen LogP contribution in [0, 0.1) is 0 Å². The zero-order valence-electron chi connectivity index (χ0n) is 33.2. The Kier molecular flexibility index (Phi) is 8.82. The Morgan fingerprint density at radius 1 is 0.407 bits per heavy atom. The number of hydrogen-bond acceptors (Lipinski definition) is 6. The second kappa shape index (κ2) is 14.5. The fourth-order valence-electron chi connectivity index (χ4n) is 9.38. The molecule has 0 amide bonds. The molecule has 0 radical (unpaired) electrons. The highest BCUT2D eigenvalue weighted by atomic mass is 16.7. The normalized spacial score (nSPS) is 16.1. The Morgan fingerprint density at radius 3 is 1.25 bits per heavy atom. The fourth-order valence-corrected chi connectivity index (χ4v) is 9.38. The van der Waals surface area contributed by atoms with E-state index in [9.17, 15) is 0 Å². The van der Waals surface area contributed by atoms with Crippen LogP contribution in [0.15, 0.2) is 170 Å². The summed E-state index contributed by atoms with van der Waals surface area (Å²) in [4.78, 5) is 4.77. The van der Waals surface area contributed by atoms with Crippen molar-refractivity contribution in [1.82, 2.24) is 0 Å². The summed E-state index contributed by atoms with van der Waals surface area (Å²) < 4.78 is 23.8. The summed E-state index contributed by atoms with van der Waals surface area (Å²) in [6.07, 6.45) is -0.737. The van der Waals surface area contributed by atoms with Gasteiger partial charge in [-0.25, -0.2) is 0 Å². The largest absolute Gasteiger partial charge is 0.346 e. The molecule has 2 aliphatic heterocycles. The molecule has 6 heteroatoms. The van der Waals surface area contributed by atoms with E-state index >= 15 is 0 Å². The fraction of sp³-hybridized carbons (Fsp3) is 0.170. The van der Waals surface area contributed by atoms with Gasteiger partial charge in [0, 0.05) is 50.1 Å². The van der Waals surface area contributed by atoms with Gasteiger partial charge in [-0.1, -0.05) is 123 Å². The maximum atomic E-state index is 5.96. The topological polar surface area (TPSA) is 43.4 Å². The molecule has 0 aromatic heterocycles. The summed E-state index contributed by atoms with van der Waals surface area (Å²) in [7, 11) is 0. The molecular weight excluding hydrogens is 729 g/mol. The number of benzene rings is 8. The van der Waals surface area contributed by atoms with Crippen LogP contribution in [0.3, 0.4) is 0 Å². The van der Waals surface area contributed by atoms with Crippen molar-refractivity contribution >= 4 is 55.7 Å². The number of hydrogen-bond donors (Lipinski definition) is 0. The van der Waals surface area contributed by atoms with Gasteiger partial charge in [-0.05, 0) is 93.7 Å². The number of rotatable bonds is 8. The highest BCUT2D eigenvalue weighted by Gasteiger charge is 2.37. The molecule has 8 aromatic carbocycles. The minimum absolute atomic E-state index is 0.299. The third-order valence-corrected chi connectivity index (χ3v) is 12.2. The van der Waals surface area contributed by atoms with E-state index in [0.29, 0.717) is 26.4 Å². The van der Waals surface area contributed by atoms with Crippen LogP contribution in [0.25, 0.3) is 32.7 Å². The summed E-state index contributed by atoms with van der Waals surface area (Å²) in [6, 6.07) is 61.5. The lowest BCUT2D eigenvalue weighted by molar-refractivity contribution is -0.0442. The van der Waals surface area contributed by atoms with E-state index in [1.165, 1.54) is 43.8 Å². The molecule has 0 N–H and O–H groups in total. The van der Waals surface area contributed by atoms with Gasteiger partial charge in [0.1, 0.15) is 0 Å². The molecule has 59 heavy (non-hydrogen) atoms. The van der Waals surface area contributed by atoms with E-state index in [1.54, 1.807) is 0 Å². The molecule has 2 heterocycles. The van der Waals surface area contributed by atoms with Crippen molar-refractivity contribution in [2.24, 2.45) is 0 Å². The van der Waals surface area contributed by atoms with Crippen molar-refractivity contribution < 1.29 is 18.9 Å². The first-order chi connectivity index (χ1) is 29.0. The Bertz CT molecular complexity index is 2670. The highest BCUT2D eigenvalue weighted by molar-refractivity contribution is 6.01. The molecule has 290 valence electrons. The van der Waals surface area contributed by atoms with Crippen molar-refractivity contribution in [1.29, 1.82) is 0 Å². The summed E-state index contributed by atoms with van der Waals surface area (Å²) in [6.45, 7) is 7.11. The van der Waals surface area contributed by atoms with Gasteiger partial charge >= 0.3 is 0 Å². The minimum Gasteiger partial charge on any atom is -0.346 e. The lowest BCUT2D eigenvalue weighted by atomic mass is 9.82. The standard InChI is InChI=1S/C53H44N2O4/c1-53(2)47-33-41(54(49-21-9-13-35-11-3-5-19-43(35)49)39-17-7-15-37(31-39)51-56-27-28-57-51)23-25-45(47)46-26-24-42(34-48(46)53)55(50-22-10-14-36-12-4-6-20-44(36)50)40-18-8-16-38(32-40)52-58-29-30-59-52/h3-26,31-34,51-52H,27-30H2,1-2H3. The van der Waals surface area contributed by atoms with E-state index < -0.39 is 0 Å². The first kappa shape index (κ1) is 35.8. The van der Waals surface area contributed by atoms with Crippen LogP contribution in [0.5, 0.6) is 0 Å². The van der Waals surface area contributed by atoms with Gasteiger partial charge < -0.3 is 28.7 Å². The van der Waals surface area contributed by atoms with Crippen molar-refractivity contribution in [3.63, 3.8) is 0 Å². The maximum absolute atomic E-state index is 5.96. The Labute approximate surface area is 344 Å². The van der Waals surface area contributed by atoms with E-state index in [-0.39, 0.29) is 18.0 Å². The molecule has 0 atom stereocenters. The summed E-state index contributed by atoms with van der Waals surface area (Å²) in [5, 5.41) is 4.76. The molecule has 0 spiro atoms. The van der Waals surface area contributed by atoms with Crippen molar-refractivity contribution in [3.05, 3.63) is 192 Å². The van der Waals surface area contributed by atoms with Crippen LogP contribution in [-0.2, 0) is 24.4 Å². The highest BCUT2D eigenvalue weighted by Crippen LogP contribution is 2.53. The molecule has 8 aromatic rings. The van der Waals surface area contributed by atoms with Crippen molar-refractivity contribution in [2.75, 3.05) is 36.2 Å². The van der Waals surface area contributed by atoms with Crippen molar-refractivity contribution in [2.45, 2.75) is 31.8 Å². The smallest absolute Gasteiger partial charge is 0.184 e. The Hall–Kier alpha value is -6.28. The van der Waals surface area contributed by atoms with Crippen LogP contribution in [-0.4, -0.2) is 26.4 Å². The van der Waals surface area contributed by atoms with Gasteiger partial charge in [-0.2, -0.15) is 0 Å². The molecule has 2 fully saturated rings. The second-order valence-corrected chi connectivity index (χ2v) is 16.1. The first-order valence-corrected chi connectivity index (χ1v) is 20.5. The third kappa shape index (κ3) is 6.19. The van der Waals surface area contributed by atoms with Crippen molar-refractivity contribution in [3.8, 4) is 11.1 Å². The number of anilines is 6. The van der Waals surface area contributed by atoms with Crippen LogP contribution >= 0.6 is 0 Å². The molecule has 11 rings (SSSR count). The Balaban J connectivity index is 1.04. The maximum Gasteiger partial charge on any atom is 0.184 e. The molecular formula is C53H44N2O4. The van der Waals surface area contributed by atoms with Gasteiger partial charge in [0.05, 0.1) is 37.8 Å². The van der Waals surface area contributed by atoms with E-state index in [1.807, 2.05) is 0 Å².